The van der Waals surface area contributed by atoms with Gasteiger partial charge in [0.1, 0.15) is 17.0 Å². The normalized spacial score (nSPS) is 14.3. The second-order valence-corrected chi connectivity index (χ2v) is 15.1. The SMILES string of the molecule is N/C(=N\C(=C(/N)c1ccc2c(c1)oc1ccccc12)c1ccccc1)c1cc2c3c(c1)c1ccccc1n3-c1ccccc1C21c2ccccc2-c2ccccc21. The highest BCUT2D eigenvalue weighted by molar-refractivity contribution is 6.16. The summed E-state index contributed by atoms with van der Waals surface area (Å²) in [6.45, 7) is 0. The van der Waals surface area contributed by atoms with E-state index in [1.807, 2.05) is 60.7 Å². The molecule has 12 rings (SSSR count). The smallest absolute Gasteiger partial charge is 0.136 e. The van der Waals surface area contributed by atoms with Crippen molar-refractivity contribution in [2.24, 2.45) is 16.5 Å². The Balaban J connectivity index is 1.15. The fourth-order valence-electron chi connectivity index (χ4n) is 9.82. The summed E-state index contributed by atoms with van der Waals surface area (Å²) < 4.78 is 8.72. The molecule has 1 aliphatic carbocycles. The van der Waals surface area contributed by atoms with Crippen LogP contribution in [0.15, 0.2) is 191 Å². The Labute approximate surface area is 328 Å². The fraction of sp³-hybridized carbons (Fsp3) is 0.0192. The van der Waals surface area contributed by atoms with Crippen LogP contribution in [0.3, 0.4) is 0 Å². The van der Waals surface area contributed by atoms with Crippen LogP contribution in [0.2, 0.25) is 0 Å². The molecule has 0 saturated carbocycles. The first-order valence-electron chi connectivity index (χ1n) is 19.3. The molecular weight excluding hydrogens is 697 g/mol. The Morgan fingerprint density at radius 2 is 1.11 bits per heavy atom. The number of nitrogens with two attached hydrogens (primary N) is 2. The number of hydrogen-bond donors (Lipinski definition) is 2. The molecule has 0 fully saturated rings. The Morgan fingerprint density at radius 3 is 1.89 bits per heavy atom. The van der Waals surface area contributed by atoms with Gasteiger partial charge in [-0.25, -0.2) is 4.99 Å². The summed E-state index contributed by atoms with van der Waals surface area (Å²) in [6, 6.07) is 64.0. The van der Waals surface area contributed by atoms with Gasteiger partial charge in [0.15, 0.2) is 0 Å². The van der Waals surface area contributed by atoms with Crippen LogP contribution < -0.4 is 11.5 Å². The number of aliphatic imine (C=N–C) groups is 1. The van der Waals surface area contributed by atoms with Gasteiger partial charge in [-0.15, -0.1) is 0 Å². The molecule has 0 bridgehead atoms. The van der Waals surface area contributed by atoms with Gasteiger partial charge in [0.25, 0.3) is 0 Å². The first-order valence-corrected chi connectivity index (χ1v) is 19.3. The third kappa shape index (κ3) is 4.25. The summed E-state index contributed by atoms with van der Waals surface area (Å²) in [7, 11) is 0. The lowest BCUT2D eigenvalue weighted by Crippen LogP contribution is -2.34. The van der Waals surface area contributed by atoms with Gasteiger partial charge in [-0.2, -0.15) is 0 Å². The van der Waals surface area contributed by atoms with Crippen LogP contribution in [0.25, 0.3) is 72.0 Å². The van der Waals surface area contributed by atoms with Gasteiger partial charge in [-0.3, -0.25) is 0 Å². The minimum Gasteiger partial charge on any atom is -0.456 e. The van der Waals surface area contributed by atoms with E-state index >= 15 is 0 Å². The predicted octanol–water partition coefficient (Wildman–Crippen LogP) is 11.5. The molecule has 0 saturated heterocycles. The maximum Gasteiger partial charge on any atom is 0.136 e. The average Bonchev–Trinajstić information content (AvgIpc) is 3.91. The van der Waals surface area contributed by atoms with Crippen LogP contribution in [0.4, 0.5) is 0 Å². The van der Waals surface area contributed by atoms with Crippen LogP contribution in [0.1, 0.15) is 38.9 Å². The summed E-state index contributed by atoms with van der Waals surface area (Å²) in [5.74, 6) is 0.380. The lowest BCUT2D eigenvalue weighted by Gasteiger charge is -2.39. The van der Waals surface area contributed by atoms with Crippen molar-refractivity contribution in [2.45, 2.75) is 5.41 Å². The molecule has 1 aliphatic heterocycles. The number of hydrogen-bond acceptors (Lipinski definition) is 3. The molecule has 10 aromatic rings. The molecule has 8 aromatic carbocycles. The zero-order valence-corrected chi connectivity index (χ0v) is 30.8. The van der Waals surface area contributed by atoms with Crippen LogP contribution in [-0.4, -0.2) is 10.4 Å². The number of nitrogens with zero attached hydrogens (tertiary/aromatic N) is 2. The Bertz CT molecular complexity index is 3340. The Hall–Kier alpha value is -7.63. The molecule has 0 atom stereocenters. The highest BCUT2D eigenvalue weighted by Gasteiger charge is 2.50. The molecule has 57 heavy (non-hydrogen) atoms. The maximum absolute atomic E-state index is 7.28. The first-order chi connectivity index (χ1) is 28.1. The second kappa shape index (κ2) is 11.7. The fourth-order valence-corrected chi connectivity index (χ4v) is 9.82. The zero-order valence-electron chi connectivity index (χ0n) is 30.8. The van der Waals surface area contributed by atoms with Crippen molar-refractivity contribution < 1.29 is 4.42 Å². The molecule has 0 unspecified atom stereocenters. The molecular formula is C52H34N4O. The Kier molecular flexibility index (Phi) is 6.50. The molecule has 268 valence electrons. The number of fused-ring (bicyclic) bond motifs is 15. The lowest BCUT2D eigenvalue weighted by molar-refractivity contribution is 0.669. The third-order valence-electron chi connectivity index (χ3n) is 12.2. The standard InChI is InChI=1S/C52H34N4O/c53-48(32-26-27-38-37-19-7-13-25-46(37)57-47(38)30-32)49(31-14-2-1-3-15-31)55-51(54)33-28-39-36-18-6-11-23-44(36)56-45-24-12-10-22-42(45)52(43(29-33)50(39)56)40-20-8-4-16-34(40)35-17-5-9-21-41(35)52/h1-30H,53H2,(H2,54,55)/b49-48-. The highest BCUT2D eigenvalue weighted by Crippen LogP contribution is 2.61. The number of rotatable bonds is 4. The highest BCUT2D eigenvalue weighted by atomic mass is 16.3. The molecule has 4 N–H and O–H groups in total. The summed E-state index contributed by atoms with van der Waals surface area (Å²) in [4.78, 5) is 5.26. The predicted molar refractivity (Wildman–Crippen MR) is 234 cm³/mol. The number of furan rings is 1. The largest absolute Gasteiger partial charge is 0.456 e. The minimum absolute atomic E-state index is 0.380. The van der Waals surface area contributed by atoms with E-state index in [4.69, 9.17) is 20.9 Å². The van der Waals surface area contributed by atoms with Gasteiger partial charge in [-0.1, -0.05) is 140 Å². The summed E-state index contributed by atoms with van der Waals surface area (Å²) in [6.07, 6.45) is 0. The lowest BCUT2D eigenvalue weighted by atomic mass is 9.65. The van der Waals surface area contributed by atoms with E-state index in [1.165, 1.54) is 44.6 Å². The monoisotopic (exact) mass is 730 g/mol. The van der Waals surface area contributed by atoms with Crippen LogP contribution in [0.5, 0.6) is 0 Å². The zero-order chi connectivity index (χ0) is 37.8. The topological polar surface area (TPSA) is 82.5 Å². The van der Waals surface area contributed by atoms with Crippen molar-refractivity contribution in [2.75, 3.05) is 0 Å². The van der Waals surface area contributed by atoms with E-state index in [1.54, 1.807) is 0 Å². The molecule has 2 aliphatic rings. The van der Waals surface area contributed by atoms with Gasteiger partial charge in [-0.05, 0) is 75.8 Å². The summed E-state index contributed by atoms with van der Waals surface area (Å²) in [5, 5.41) is 4.40. The number of amidine groups is 1. The van der Waals surface area contributed by atoms with E-state index in [0.717, 1.165) is 54.9 Å². The van der Waals surface area contributed by atoms with Crippen molar-refractivity contribution in [3.8, 4) is 16.8 Å². The van der Waals surface area contributed by atoms with E-state index < -0.39 is 5.41 Å². The molecule has 5 nitrogen and oxygen atoms in total. The van der Waals surface area contributed by atoms with Gasteiger partial charge in [0.05, 0.1) is 33.5 Å². The second-order valence-electron chi connectivity index (χ2n) is 15.1. The van der Waals surface area contributed by atoms with E-state index in [9.17, 15) is 0 Å². The number of para-hydroxylation sites is 3. The van der Waals surface area contributed by atoms with Crippen molar-refractivity contribution >= 4 is 61.0 Å². The number of benzene rings is 8. The minimum atomic E-state index is -0.595. The Morgan fingerprint density at radius 1 is 0.474 bits per heavy atom. The van der Waals surface area contributed by atoms with Crippen molar-refractivity contribution in [1.82, 2.24) is 4.57 Å². The van der Waals surface area contributed by atoms with Crippen LogP contribution >= 0.6 is 0 Å². The van der Waals surface area contributed by atoms with Gasteiger partial charge in [0.2, 0.25) is 0 Å². The van der Waals surface area contributed by atoms with Gasteiger partial charge < -0.3 is 20.5 Å². The van der Waals surface area contributed by atoms with Crippen molar-refractivity contribution in [3.05, 3.63) is 221 Å². The van der Waals surface area contributed by atoms with E-state index in [2.05, 4.69) is 126 Å². The van der Waals surface area contributed by atoms with E-state index in [0.29, 0.717) is 17.2 Å². The average molecular weight is 731 g/mol. The van der Waals surface area contributed by atoms with E-state index in [-0.39, 0.29) is 0 Å². The first kappa shape index (κ1) is 31.7. The van der Waals surface area contributed by atoms with Crippen molar-refractivity contribution in [1.29, 1.82) is 0 Å². The van der Waals surface area contributed by atoms with Gasteiger partial charge in [0, 0.05) is 38.2 Å². The molecule has 0 radical (unpaired) electrons. The molecule has 0 amide bonds. The number of aromatic nitrogens is 1. The van der Waals surface area contributed by atoms with Crippen molar-refractivity contribution in [3.63, 3.8) is 0 Å². The van der Waals surface area contributed by atoms with Crippen LogP contribution in [0, 0.1) is 0 Å². The molecule has 2 aromatic heterocycles. The quantitative estimate of drug-likeness (QED) is 0.107. The molecule has 3 heterocycles. The summed E-state index contributed by atoms with van der Waals surface area (Å²) in [5.41, 5.74) is 30.0. The van der Waals surface area contributed by atoms with Crippen LogP contribution in [-0.2, 0) is 5.41 Å². The van der Waals surface area contributed by atoms with Gasteiger partial charge >= 0.3 is 0 Å². The maximum atomic E-state index is 7.28. The third-order valence-corrected chi connectivity index (χ3v) is 12.2. The molecule has 5 heteroatoms. The molecule has 1 spiro atoms. The summed E-state index contributed by atoms with van der Waals surface area (Å²) >= 11 is 0.